The van der Waals surface area contributed by atoms with Crippen molar-refractivity contribution in [3.05, 3.63) is 23.8 Å². The average Bonchev–Trinajstić information content (AvgIpc) is 3.07. The van der Waals surface area contributed by atoms with Gasteiger partial charge < -0.3 is 24.8 Å². The van der Waals surface area contributed by atoms with Gasteiger partial charge in [-0.1, -0.05) is 6.07 Å². The molecule has 2 aliphatic rings. The van der Waals surface area contributed by atoms with Crippen molar-refractivity contribution >= 4 is 0 Å². The van der Waals surface area contributed by atoms with Crippen LogP contribution in [0.1, 0.15) is 44.2 Å². The van der Waals surface area contributed by atoms with Crippen molar-refractivity contribution in [1.82, 2.24) is 10.2 Å². The van der Waals surface area contributed by atoms with E-state index in [-0.39, 0.29) is 19.3 Å². The van der Waals surface area contributed by atoms with Gasteiger partial charge in [0.25, 0.3) is 0 Å². The van der Waals surface area contributed by atoms with E-state index in [0.717, 1.165) is 11.8 Å². The minimum atomic E-state index is 0.00271. The summed E-state index contributed by atoms with van der Waals surface area (Å²) in [5.74, 6) is 1.40. The molecule has 0 saturated carbocycles. The zero-order valence-electron chi connectivity index (χ0n) is 14.8. The van der Waals surface area contributed by atoms with E-state index in [4.69, 9.17) is 14.6 Å². The second-order valence-electron chi connectivity index (χ2n) is 6.92. The molecule has 0 aromatic heterocycles. The summed E-state index contributed by atoms with van der Waals surface area (Å²) in [6, 6.07) is 7.71. The quantitative estimate of drug-likeness (QED) is 0.802. The molecule has 2 N–H and O–H groups in total. The number of nitrogens with zero attached hydrogens (tertiary/aromatic N) is 1. The van der Waals surface area contributed by atoms with Crippen LogP contribution in [0.3, 0.4) is 0 Å². The van der Waals surface area contributed by atoms with Crippen LogP contribution in [0.2, 0.25) is 0 Å². The van der Waals surface area contributed by atoms with Crippen LogP contribution in [0.4, 0.5) is 0 Å². The third-order valence-corrected chi connectivity index (χ3v) is 5.34. The predicted molar refractivity (Wildman–Crippen MR) is 94.7 cm³/mol. The number of nitrogens with one attached hydrogen (secondary N) is 1. The molecular weight excluding hydrogens is 304 g/mol. The minimum Gasteiger partial charge on any atom is -0.493 e. The van der Waals surface area contributed by atoms with Crippen LogP contribution >= 0.6 is 0 Å². The molecule has 0 bridgehead atoms. The van der Waals surface area contributed by atoms with Crippen LogP contribution in [0.15, 0.2) is 18.2 Å². The second kappa shape index (κ2) is 8.19. The van der Waals surface area contributed by atoms with Gasteiger partial charge in [0.05, 0.1) is 13.7 Å². The zero-order valence-corrected chi connectivity index (χ0v) is 14.8. The van der Waals surface area contributed by atoms with Gasteiger partial charge in [0.2, 0.25) is 0 Å². The fourth-order valence-corrected chi connectivity index (χ4v) is 4.05. The van der Waals surface area contributed by atoms with Crippen molar-refractivity contribution < 1.29 is 14.6 Å². The number of hydrogen-bond acceptors (Lipinski definition) is 5. The number of fused-ring (bicyclic) bond motifs is 1. The maximum absolute atomic E-state index is 8.90. The van der Waals surface area contributed by atoms with Crippen LogP contribution in [0, 0.1) is 0 Å². The maximum Gasteiger partial charge on any atom is 0.161 e. The van der Waals surface area contributed by atoms with E-state index >= 15 is 0 Å². The van der Waals surface area contributed by atoms with Gasteiger partial charge in [0.1, 0.15) is 6.61 Å². The largest absolute Gasteiger partial charge is 0.493 e. The fourth-order valence-electron chi connectivity index (χ4n) is 4.05. The van der Waals surface area contributed by atoms with Crippen molar-refractivity contribution in [1.29, 1.82) is 0 Å². The molecule has 0 amide bonds. The summed E-state index contributed by atoms with van der Waals surface area (Å²) in [7, 11) is 1.65. The highest BCUT2D eigenvalue weighted by atomic mass is 16.5. The maximum atomic E-state index is 8.90. The number of ether oxygens (including phenoxy) is 2. The Morgan fingerprint density at radius 1 is 1.29 bits per heavy atom. The van der Waals surface area contributed by atoms with E-state index in [1.165, 1.54) is 44.3 Å². The standard InChI is InChI=1S/C19H30N2O3/c1-14(20-16-7-9-21-8-3-4-17(21)13-16)15-5-6-18(24-11-10-22)19(12-15)23-2/h5-6,12,14,16-17,20,22H,3-4,7-11,13H2,1-2H3. The summed E-state index contributed by atoms with van der Waals surface area (Å²) in [5, 5.41) is 12.7. The van der Waals surface area contributed by atoms with Crippen LogP contribution in [-0.2, 0) is 0 Å². The Bertz CT molecular complexity index is 537. The SMILES string of the molecule is COc1cc(C(C)NC2CCN3CCCC3C2)ccc1OCCO. The molecule has 24 heavy (non-hydrogen) atoms. The summed E-state index contributed by atoms with van der Waals surface area (Å²) in [5.41, 5.74) is 1.21. The number of hydrogen-bond donors (Lipinski definition) is 2. The molecule has 3 unspecified atom stereocenters. The Kier molecular flexibility index (Phi) is 5.98. The van der Waals surface area contributed by atoms with Gasteiger partial charge in [-0.3, -0.25) is 0 Å². The fraction of sp³-hybridized carbons (Fsp3) is 0.684. The zero-order chi connectivity index (χ0) is 16.9. The second-order valence-corrected chi connectivity index (χ2v) is 6.92. The lowest BCUT2D eigenvalue weighted by Crippen LogP contribution is -2.46. The van der Waals surface area contributed by atoms with E-state index in [0.29, 0.717) is 11.8 Å². The van der Waals surface area contributed by atoms with Gasteiger partial charge in [-0.2, -0.15) is 0 Å². The molecule has 5 heteroatoms. The lowest BCUT2D eigenvalue weighted by Gasteiger charge is -2.36. The first-order valence-corrected chi connectivity index (χ1v) is 9.13. The van der Waals surface area contributed by atoms with E-state index in [2.05, 4.69) is 23.2 Å². The van der Waals surface area contributed by atoms with Gasteiger partial charge in [-0.25, -0.2) is 0 Å². The average molecular weight is 334 g/mol. The van der Waals surface area contributed by atoms with Crippen molar-refractivity contribution in [2.45, 2.75) is 50.7 Å². The first kappa shape index (κ1) is 17.5. The van der Waals surface area contributed by atoms with Crippen LogP contribution in [0.25, 0.3) is 0 Å². The topological polar surface area (TPSA) is 54.0 Å². The lowest BCUT2D eigenvalue weighted by molar-refractivity contribution is 0.162. The van der Waals surface area contributed by atoms with E-state index < -0.39 is 0 Å². The first-order valence-electron chi connectivity index (χ1n) is 9.13. The Morgan fingerprint density at radius 3 is 2.96 bits per heavy atom. The van der Waals surface area contributed by atoms with Crippen molar-refractivity contribution in [2.24, 2.45) is 0 Å². The predicted octanol–water partition coefficient (Wildman–Crippen LogP) is 2.34. The summed E-state index contributed by atoms with van der Waals surface area (Å²) in [6.07, 6.45) is 5.21. The Morgan fingerprint density at radius 2 is 2.17 bits per heavy atom. The molecule has 2 heterocycles. The third kappa shape index (κ3) is 4.02. The third-order valence-electron chi connectivity index (χ3n) is 5.34. The Hall–Kier alpha value is -1.30. The van der Waals surface area contributed by atoms with Crippen molar-refractivity contribution in [2.75, 3.05) is 33.4 Å². The molecular formula is C19H30N2O3. The normalized spacial score (nSPS) is 25.3. The lowest BCUT2D eigenvalue weighted by atomic mass is 9.96. The Balaban J connectivity index is 1.61. The molecule has 0 spiro atoms. The Labute approximate surface area is 144 Å². The van der Waals surface area contributed by atoms with Gasteiger partial charge in [-0.05, 0) is 63.4 Å². The molecule has 134 valence electrons. The number of methoxy groups -OCH3 is 1. The number of aliphatic hydroxyl groups is 1. The number of aliphatic hydroxyl groups excluding tert-OH is 1. The molecule has 3 atom stereocenters. The number of piperidine rings is 1. The number of benzene rings is 1. The molecule has 1 aromatic carbocycles. The molecule has 5 nitrogen and oxygen atoms in total. The van der Waals surface area contributed by atoms with Gasteiger partial charge in [0, 0.05) is 18.1 Å². The highest BCUT2D eigenvalue weighted by Crippen LogP contribution is 2.32. The van der Waals surface area contributed by atoms with E-state index in [1.807, 2.05) is 12.1 Å². The van der Waals surface area contributed by atoms with Crippen molar-refractivity contribution in [3.8, 4) is 11.5 Å². The molecule has 2 fully saturated rings. The molecule has 0 aliphatic carbocycles. The molecule has 2 saturated heterocycles. The van der Waals surface area contributed by atoms with Crippen molar-refractivity contribution in [3.63, 3.8) is 0 Å². The van der Waals surface area contributed by atoms with Crippen LogP contribution in [0.5, 0.6) is 11.5 Å². The number of rotatable bonds is 7. The van der Waals surface area contributed by atoms with E-state index in [1.54, 1.807) is 7.11 Å². The molecule has 1 aromatic rings. The summed E-state index contributed by atoms with van der Waals surface area (Å²) in [4.78, 5) is 2.65. The smallest absolute Gasteiger partial charge is 0.161 e. The monoisotopic (exact) mass is 334 g/mol. The minimum absolute atomic E-state index is 0.00271. The highest BCUT2D eigenvalue weighted by molar-refractivity contribution is 5.43. The molecule has 0 radical (unpaired) electrons. The summed E-state index contributed by atoms with van der Waals surface area (Å²) < 4.78 is 10.9. The summed E-state index contributed by atoms with van der Waals surface area (Å²) >= 11 is 0. The highest BCUT2D eigenvalue weighted by Gasteiger charge is 2.32. The summed E-state index contributed by atoms with van der Waals surface area (Å²) in [6.45, 7) is 5.02. The van der Waals surface area contributed by atoms with Gasteiger partial charge in [0.15, 0.2) is 11.5 Å². The first-order chi connectivity index (χ1) is 11.7. The van der Waals surface area contributed by atoms with E-state index in [9.17, 15) is 0 Å². The van der Waals surface area contributed by atoms with Crippen LogP contribution in [-0.4, -0.2) is 55.5 Å². The van der Waals surface area contributed by atoms with Gasteiger partial charge in [-0.15, -0.1) is 0 Å². The molecule has 2 aliphatic heterocycles. The van der Waals surface area contributed by atoms with Gasteiger partial charge >= 0.3 is 0 Å². The molecule has 3 rings (SSSR count). The van der Waals surface area contributed by atoms with Crippen LogP contribution < -0.4 is 14.8 Å².